The monoisotopic (exact) mass is 398 g/mol. The summed E-state index contributed by atoms with van der Waals surface area (Å²) in [5.74, 6) is 0.370. The highest BCUT2D eigenvalue weighted by molar-refractivity contribution is 9.10. The Labute approximate surface area is 148 Å². The Morgan fingerprint density at radius 2 is 1.71 bits per heavy atom. The lowest BCUT2D eigenvalue weighted by atomic mass is 10.1. The van der Waals surface area contributed by atoms with Gasteiger partial charge in [0.1, 0.15) is 0 Å². The molecule has 3 nitrogen and oxygen atoms in total. The smallest absolute Gasteiger partial charge is 0.236 e. The molecule has 2 N–H and O–H groups in total. The van der Waals surface area contributed by atoms with Crippen LogP contribution in [0.15, 0.2) is 30.3 Å². The normalized spacial score (nSPS) is 12.9. The van der Waals surface area contributed by atoms with Gasteiger partial charge in [0.05, 0.1) is 4.83 Å². The molecule has 6 heteroatoms. The number of benzene rings is 1. The highest BCUT2D eigenvalue weighted by atomic mass is 79.9. The van der Waals surface area contributed by atoms with Gasteiger partial charge in [-0.2, -0.15) is 0 Å². The summed E-state index contributed by atoms with van der Waals surface area (Å²) in [5.41, 5.74) is 6.98. The predicted molar refractivity (Wildman–Crippen MR) is 97.6 cm³/mol. The van der Waals surface area contributed by atoms with Gasteiger partial charge in [0.25, 0.3) is 0 Å². The van der Waals surface area contributed by atoms with Gasteiger partial charge in [-0.3, -0.25) is 4.79 Å². The van der Waals surface area contributed by atoms with Crippen molar-refractivity contribution < 1.29 is 4.79 Å². The second-order valence-electron chi connectivity index (χ2n) is 5.33. The van der Waals surface area contributed by atoms with Crippen molar-refractivity contribution in [2.45, 2.75) is 38.2 Å². The summed E-state index contributed by atoms with van der Waals surface area (Å²) in [7, 11) is 0. The lowest BCUT2D eigenvalue weighted by Crippen LogP contribution is -2.43. The molecule has 1 amide bonds. The van der Waals surface area contributed by atoms with Crippen LogP contribution in [0.5, 0.6) is 0 Å². The van der Waals surface area contributed by atoms with Gasteiger partial charge in [0.2, 0.25) is 5.91 Å². The van der Waals surface area contributed by atoms with E-state index in [2.05, 4.69) is 15.9 Å². The van der Waals surface area contributed by atoms with E-state index in [4.69, 9.17) is 5.73 Å². The number of hydrogen-bond donors (Lipinski definition) is 1. The van der Waals surface area contributed by atoms with Crippen LogP contribution >= 0.6 is 40.7 Å². The molecule has 21 heavy (non-hydrogen) atoms. The fourth-order valence-corrected chi connectivity index (χ4v) is 2.13. The van der Waals surface area contributed by atoms with Crippen molar-refractivity contribution in [2.24, 2.45) is 11.7 Å². The van der Waals surface area contributed by atoms with Gasteiger partial charge >= 0.3 is 0 Å². The largest absolute Gasteiger partial charge is 0.336 e. The molecule has 0 aromatic heterocycles. The minimum absolute atomic E-state index is 0. The fourth-order valence-electron chi connectivity index (χ4n) is 1.84. The number of carbonyl (C=O) groups is 1. The number of rotatable bonds is 6. The number of amides is 1. The molecule has 122 valence electrons. The predicted octanol–water partition coefficient (Wildman–Crippen LogP) is 3.63. The van der Waals surface area contributed by atoms with Gasteiger partial charge in [0, 0.05) is 19.1 Å². The molecule has 0 saturated carbocycles. The molecule has 0 saturated heterocycles. The molecule has 0 unspecified atom stereocenters. The highest BCUT2D eigenvalue weighted by Gasteiger charge is 2.25. The van der Waals surface area contributed by atoms with Gasteiger partial charge in [0.15, 0.2) is 0 Å². The Kier molecular flexibility index (Phi) is 12.4. The molecule has 0 heterocycles. The summed E-state index contributed by atoms with van der Waals surface area (Å²) in [6.07, 6.45) is 0. The molecule has 0 aliphatic carbocycles. The molecule has 1 aromatic rings. The average Bonchev–Trinajstić information content (AvgIpc) is 2.36. The van der Waals surface area contributed by atoms with E-state index in [0.717, 1.165) is 5.56 Å². The van der Waals surface area contributed by atoms with Crippen molar-refractivity contribution in [3.8, 4) is 0 Å². The van der Waals surface area contributed by atoms with Crippen LogP contribution in [0.25, 0.3) is 0 Å². The zero-order chi connectivity index (χ0) is 14.4. The van der Waals surface area contributed by atoms with E-state index in [1.807, 2.05) is 56.0 Å². The van der Waals surface area contributed by atoms with Crippen molar-refractivity contribution in [3.63, 3.8) is 0 Å². The van der Waals surface area contributed by atoms with Crippen LogP contribution in [0.3, 0.4) is 0 Å². The van der Waals surface area contributed by atoms with Crippen molar-refractivity contribution in [1.82, 2.24) is 4.90 Å². The topological polar surface area (TPSA) is 46.3 Å². The lowest BCUT2D eigenvalue weighted by Gasteiger charge is -2.28. The maximum Gasteiger partial charge on any atom is 0.236 e. The van der Waals surface area contributed by atoms with Crippen molar-refractivity contribution in [3.05, 3.63) is 35.9 Å². The van der Waals surface area contributed by atoms with E-state index in [9.17, 15) is 4.79 Å². The van der Waals surface area contributed by atoms with Crippen LogP contribution in [-0.2, 0) is 11.3 Å². The summed E-state index contributed by atoms with van der Waals surface area (Å²) in [6.45, 7) is 7.16. The lowest BCUT2D eigenvalue weighted by molar-refractivity contribution is -0.132. The van der Waals surface area contributed by atoms with Gasteiger partial charge in [-0.15, -0.1) is 24.8 Å². The molecular weight excluding hydrogens is 375 g/mol. The minimum Gasteiger partial charge on any atom is -0.336 e. The fraction of sp³-hybridized carbons (Fsp3) is 0.533. The standard InChI is InChI=1S/C15H23BrN2O.2ClH/c1-11(2)14(16)15(19)18(9-12(3)17)10-13-7-5-4-6-8-13;;/h4-8,11-12,14H,9-10,17H2,1-3H3;2*1H/t12-,14-;;/m1../s1. The van der Waals surface area contributed by atoms with E-state index in [1.165, 1.54) is 0 Å². The number of carbonyl (C=O) groups excluding carboxylic acids is 1. The molecule has 1 rings (SSSR count). The maximum atomic E-state index is 12.4. The van der Waals surface area contributed by atoms with Crippen LogP contribution in [0.4, 0.5) is 0 Å². The summed E-state index contributed by atoms with van der Waals surface area (Å²) in [4.78, 5) is 14.1. The molecule has 2 atom stereocenters. The van der Waals surface area contributed by atoms with Crippen LogP contribution in [0.2, 0.25) is 0 Å². The first-order chi connectivity index (χ1) is 8.91. The average molecular weight is 400 g/mol. The van der Waals surface area contributed by atoms with E-state index in [-0.39, 0.29) is 47.5 Å². The van der Waals surface area contributed by atoms with Crippen LogP contribution in [0, 0.1) is 5.92 Å². The summed E-state index contributed by atoms with van der Waals surface area (Å²) in [6, 6.07) is 9.97. The van der Waals surface area contributed by atoms with Gasteiger partial charge in [-0.05, 0) is 18.4 Å². The third-order valence-corrected chi connectivity index (χ3v) is 4.31. The molecule has 0 spiro atoms. The van der Waals surface area contributed by atoms with E-state index in [0.29, 0.717) is 13.1 Å². The molecule has 0 bridgehead atoms. The number of alkyl halides is 1. The minimum atomic E-state index is -0.157. The van der Waals surface area contributed by atoms with Gasteiger partial charge in [-0.25, -0.2) is 0 Å². The first-order valence-corrected chi connectivity index (χ1v) is 7.55. The molecule has 1 aromatic carbocycles. The van der Waals surface area contributed by atoms with E-state index in [1.54, 1.807) is 0 Å². The Morgan fingerprint density at radius 1 is 1.19 bits per heavy atom. The SMILES string of the molecule is CC(C)[C@@H](Br)C(=O)N(Cc1ccccc1)C[C@@H](C)N.Cl.Cl. The van der Waals surface area contributed by atoms with Crippen LogP contribution in [-0.4, -0.2) is 28.2 Å². The van der Waals surface area contributed by atoms with Gasteiger partial charge in [-0.1, -0.05) is 60.1 Å². The maximum absolute atomic E-state index is 12.4. The molecule has 0 aliphatic heterocycles. The summed E-state index contributed by atoms with van der Waals surface area (Å²) >= 11 is 3.48. The van der Waals surface area contributed by atoms with Crippen molar-refractivity contribution >= 4 is 46.7 Å². The van der Waals surface area contributed by atoms with Crippen molar-refractivity contribution in [2.75, 3.05) is 6.54 Å². The highest BCUT2D eigenvalue weighted by Crippen LogP contribution is 2.17. The Bertz CT molecular complexity index is 402. The third kappa shape index (κ3) is 8.05. The summed E-state index contributed by atoms with van der Waals surface area (Å²) in [5, 5.41) is 0. The Hall–Kier alpha value is -0.290. The molecule has 0 aliphatic rings. The second kappa shape index (κ2) is 11.3. The zero-order valence-electron chi connectivity index (χ0n) is 12.7. The second-order valence-corrected chi connectivity index (χ2v) is 6.31. The first kappa shape index (κ1) is 23.0. The Morgan fingerprint density at radius 3 is 2.14 bits per heavy atom. The van der Waals surface area contributed by atoms with E-state index < -0.39 is 0 Å². The van der Waals surface area contributed by atoms with Gasteiger partial charge < -0.3 is 10.6 Å². The quantitative estimate of drug-likeness (QED) is 0.742. The number of nitrogens with two attached hydrogens (primary N) is 1. The molecular formula is C15H25BrCl2N2O. The third-order valence-electron chi connectivity index (χ3n) is 2.86. The summed E-state index contributed by atoms with van der Waals surface area (Å²) < 4.78 is 0. The Balaban J connectivity index is 0. The number of nitrogens with zero attached hydrogens (tertiary/aromatic N) is 1. The zero-order valence-corrected chi connectivity index (χ0v) is 15.9. The van der Waals surface area contributed by atoms with Crippen molar-refractivity contribution in [1.29, 1.82) is 0 Å². The van der Waals surface area contributed by atoms with Crippen LogP contribution < -0.4 is 5.73 Å². The molecule has 0 radical (unpaired) electrons. The number of hydrogen-bond acceptors (Lipinski definition) is 2. The first-order valence-electron chi connectivity index (χ1n) is 6.64. The van der Waals surface area contributed by atoms with Crippen LogP contribution in [0.1, 0.15) is 26.3 Å². The van der Waals surface area contributed by atoms with E-state index >= 15 is 0 Å². The number of halogens is 3. The molecule has 0 fully saturated rings.